The molecular weight excluding hydrogens is 522 g/mol. The number of carbonyl (C=O) groups is 3. The second-order valence-corrected chi connectivity index (χ2v) is 10.8. The van der Waals surface area contributed by atoms with Crippen molar-refractivity contribution in [2.24, 2.45) is 0 Å². The molecule has 9 heteroatoms. The second-order valence-electron chi connectivity index (χ2n) is 10.8. The molecule has 0 atom stereocenters. The Bertz CT molecular complexity index is 1410. The lowest BCUT2D eigenvalue weighted by Crippen LogP contribution is -2.32. The monoisotopic (exact) mass is 561 g/mol. The molecule has 0 spiro atoms. The topological polar surface area (TPSA) is 117 Å². The van der Waals surface area contributed by atoms with Gasteiger partial charge in [0.05, 0.1) is 25.3 Å². The molecule has 3 rings (SSSR count). The minimum Gasteiger partial charge on any atom is -0.466 e. The molecular formula is C32H39N3O6. The molecule has 0 aliphatic heterocycles. The molecule has 1 amide bonds. The molecule has 0 aliphatic rings. The Kier molecular flexibility index (Phi) is 11.4. The normalized spacial score (nSPS) is 11.1. The van der Waals surface area contributed by atoms with Crippen molar-refractivity contribution in [1.29, 1.82) is 0 Å². The van der Waals surface area contributed by atoms with E-state index >= 15 is 0 Å². The third-order valence-corrected chi connectivity index (χ3v) is 6.07. The summed E-state index contributed by atoms with van der Waals surface area (Å²) in [6.45, 7) is 8.28. The Morgan fingerprint density at radius 2 is 1.68 bits per heavy atom. The van der Waals surface area contributed by atoms with Gasteiger partial charge >= 0.3 is 12.1 Å². The van der Waals surface area contributed by atoms with E-state index < -0.39 is 11.7 Å². The molecule has 0 saturated carbocycles. The molecule has 41 heavy (non-hydrogen) atoms. The maximum absolute atomic E-state index is 12.8. The molecule has 1 N–H and O–H groups in total. The standard InChI is InChI=1S/C32H39N3O6/c1-5-40-30(38)20-23-11-9-12-24(19-23)22-35-29(37)17-16-27(34-35)25-13-10-14-26(21-25)28(36)15-7-6-8-18-33-31(39)41-32(2,3)4/h9-14,16-17,19,21H,5-8,15,18,20,22H2,1-4H3,(H,33,39). The number of nitrogens with zero attached hydrogens (tertiary/aromatic N) is 2. The highest BCUT2D eigenvalue weighted by Crippen LogP contribution is 2.19. The van der Waals surface area contributed by atoms with Crippen LogP contribution in [0, 0.1) is 0 Å². The van der Waals surface area contributed by atoms with Gasteiger partial charge < -0.3 is 14.8 Å². The Labute approximate surface area is 240 Å². The van der Waals surface area contributed by atoms with Gasteiger partial charge in [0.15, 0.2) is 5.78 Å². The van der Waals surface area contributed by atoms with Crippen LogP contribution in [0.1, 0.15) is 74.9 Å². The van der Waals surface area contributed by atoms with Gasteiger partial charge in [0.25, 0.3) is 5.56 Å². The van der Waals surface area contributed by atoms with Crippen molar-refractivity contribution in [2.75, 3.05) is 13.2 Å². The zero-order valence-electron chi connectivity index (χ0n) is 24.3. The summed E-state index contributed by atoms with van der Waals surface area (Å²) in [5, 5.41) is 7.27. The predicted octanol–water partition coefficient (Wildman–Crippen LogP) is 5.33. The van der Waals surface area contributed by atoms with E-state index in [-0.39, 0.29) is 30.3 Å². The number of esters is 1. The molecule has 2 aromatic carbocycles. The number of benzene rings is 2. The average Bonchev–Trinajstić information content (AvgIpc) is 2.91. The molecule has 0 unspecified atom stereocenters. The quantitative estimate of drug-likeness (QED) is 0.170. The second kappa shape index (κ2) is 14.9. The van der Waals surface area contributed by atoms with Gasteiger partial charge in [-0.25, -0.2) is 9.48 Å². The van der Waals surface area contributed by atoms with Crippen LogP contribution in [0.5, 0.6) is 0 Å². The van der Waals surface area contributed by atoms with Crippen LogP contribution < -0.4 is 10.9 Å². The Hall–Kier alpha value is -4.27. The number of alkyl carbamates (subject to hydrolysis) is 1. The number of ketones is 1. The molecule has 218 valence electrons. The van der Waals surface area contributed by atoms with Gasteiger partial charge in [-0.15, -0.1) is 0 Å². The van der Waals surface area contributed by atoms with Crippen molar-refractivity contribution < 1.29 is 23.9 Å². The van der Waals surface area contributed by atoms with Gasteiger partial charge in [0, 0.05) is 30.2 Å². The number of unbranched alkanes of at least 4 members (excludes halogenated alkanes) is 2. The van der Waals surface area contributed by atoms with Crippen LogP contribution in [0.15, 0.2) is 65.5 Å². The lowest BCUT2D eigenvalue weighted by atomic mass is 10.0. The molecule has 0 fully saturated rings. The number of amides is 1. The number of aromatic nitrogens is 2. The lowest BCUT2D eigenvalue weighted by molar-refractivity contribution is -0.142. The number of carbonyl (C=O) groups excluding carboxylic acids is 3. The van der Waals surface area contributed by atoms with Gasteiger partial charge in [-0.2, -0.15) is 5.10 Å². The van der Waals surface area contributed by atoms with E-state index in [9.17, 15) is 19.2 Å². The van der Waals surface area contributed by atoms with Gasteiger partial charge in [-0.3, -0.25) is 14.4 Å². The zero-order chi connectivity index (χ0) is 29.8. The third kappa shape index (κ3) is 10.7. The van der Waals surface area contributed by atoms with E-state index in [1.165, 1.54) is 10.7 Å². The van der Waals surface area contributed by atoms with Crippen molar-refractivity contribution in [3.05, 3.63) is 87.7 Å². The summed E-state index contributed by atoms with van der Waals surface area (Å²) in [5.74, 6) is -0.273. The minimum atomic E-state index is -0.532. The number of hydrogen-bond donors (Lipinski definition) is 1. The van der Waals surface area contributed by atoms with E-state index in [1.807, 2.05) is 57.2 Å². The van der Waals surface area contributed by atoms with Gasteiger partial charge in [0.1, 0.15) is 5.60 Å². The summed E-state index contributed by atoms with van der Waals surface area (Å²) in [7, 11) is 0. The molecule has 3 aromatic rings. The zero-order valence-corrected chi connectivity index (χ0v) is 24.3. The van der Waals surface area contributed by atoms with E-state index in [0.717, 1.165) is 29.5 Å². The van der Waals surface area contributed by atoms with Crippen molar-refractivity contribution in [1.82, 2.24) is 15.1 Å². The molecule has 1 aromatic heterocycles. The first-order chi connectivity index (χ1) is 19.5. The maximum atomic E-state index is 12.8. The highest BCUT2D eigenvalue weighted by Gasteiger charge is 2.15. The van der Waals surface area contributed by atoms with Crippen LogP contribution in [0.25, 0.3) is 11.3 Å². The van der Waals surface area contributed by atoms with E-state index in [0.29, 0.717) is 37.3 Å². The number of hydrogen-bond acceptors (Lipinski definition) is 7. The first kappa shape index (κ1) is 31.3. The van der Waals surface area contributed by atoms with E-state index in [2.05, 4.69) is 10.4 Å². The predicted molar refractivity (Wildman–Crippen MR) is 157 cm³/mol. The Balaban J connectivity index is 1.58. The van der Waals surface area contributed by atoms with Crippen LogP contribution in [0.4, 0.5) is 4.79 Å². The number of Topliss-reactive ketones (excluding diaryl/α,β-unsaturated/α-hetero) is 1. The molecule has 0 aliphatic carbocycles. The summed E-state index contributed by atoms with van der Waals surface area (Å²) in [4.78, 5) is 49.0. The summed E-state index contributed by atoms with van der Waals surface area (Å²) in [5.41, 5.74) is 2.76. The summed E-state index contributed by atoms with van der Waals surface area (Å²) < 4.78 is 11.6. The fraction of sp³-hybridized carbons (Fsp3) is 0.406. The first-order valence-corrected chi connectivity index (χ1v) is 14.0. The third-order valence-electron chi connectivity index (χ3n) is 6.07. The van der Waals surface area contributed by atoms with Crippen molar-refractivity contribution >= 4 is 17.8 Å². The van der Waals surface area contributed by atoms with Crippen LogP contribution in [-0.4, -0.2) is 46.4 Å². The van der Waals surface area contributed by atoms with Gasteiger partial charge in [-0.1, -0.05) is 48.9 Å². The molecule has 9 nitrogen and oxygen atoms in total. The Morgan fingerprint density at radius 3 is 2.44 bits per heavy atom. The highest BCUT2D eigenvalue weighted by atomic mass is 16.6. The first-order valence-electron chi connectivity index (χ1n) is 14.0. The largest absolute Gasteiger partial charge is 0.466 e. The average molecular weight is 562 g/mol. The van der Waals surface area contributed by atoms with Crippen molar-refractivity contribution in [3.8, 4) is 11.3 Å². The highest BCUT2D eigenvalue weighted by molar-refractivity contribution is 5.97. The summed E-state index contributed by atoms with van der Waals surface area (Å²) in [6, 6.07) is 17.8. The van der Waals surface area contributed by atoms with E-state index in [4.69, 9.17) is 9.47 Å². The van der Waals surface area contributed by atoms with Crippen LogP contribution >= 0.6 is 0 Å². The SMILES string of the molecule is CCOC(=O)Cc1cccc(Cn2nc(-c3cccc(C(=O)CCCCCNC(=O)OC(C)(C)C)c3)ccc2=O)c1. The molecule has 0 bridgehead atoms. The van der Waals surface area contributed by atoms with Crippen LogP contribution in [-0.2, 0) is 27.2 Å². The molecule has 0 radical (unpaired) electrons. The van der Waals surface area contributed by atoms with Crippen molar-refractivity contribution in [2.45, 2.75) is 71.9 Å². The van der Waals surface area contributed by atoms with Gasteiger partial charge in [-0.05, 0) is 63.8 Å². The molecule has 0 saturated heterocycles. The number of ether oxygens (including phenoxy) is 2. The summed E-state index contributed by atoms with van der Waals surface area (Å²) >= 11 is 0. The van der Waals surface area contributed by atoms with Crippen LogP contribution in [0.3, 0.4) is 0 Å². The fourth-order valence-electron chi connectivity index (χ4n) is 4.19. The van der Waals surface area contributed by atoms with Gasteiger partial charge in [0.2, 0.25) is 0 Å². The number of rotatable bonds is 13. The summed E-state index contributed by atoms with van der Waals surface area (Å²) in [6.07, 6.45) is 2.38. The van der Waals surface area contributed by atoms with Crippen LogP contribution in [0.2, 0.25) is 0 Å². The van der Waals surface area contributed by atoms with E-state index in [1.54, 1.807) is 25.1 Å². The lowest BCUT2D eigenvalue weighted by Gasteiger charge is -2.19. The fourth-order valence-corrected chi connectivity index (χ4v) is 4.19. The number of nitrogens with one attached hydrogen (secondary N) is 1. The minimum absolute atomic E-state index is 0.0266. The van der Waals surface area contributed by atoms with Crippen molar-refractivity contribution in [3.63, 3.8) is 0 Å². The Morgan fingerprint density at radius 1 is 0.927 bits per heavy atom. The smallest absolute Gasteiger partial charge is 0.407 e. The molecule has 1 heterocycles. The maximum Gasteiger partial charge on any atom is 0.407 e.